The number of anilines is 3. The Hall–Kier alpha value is -2.83. The molecule has 3 aromatic rings. The monoisotopic (exact) mass is 529 g/mol. The number of aliphatic hydroxyl groups excluding tert-OH is 1. The summed E-state index contributed by atoms with van der Waals surface area (Å²) in [7, 11) is -3.57. The van der Waals surface area contributed by atoms with Crippen molar-refractivity contribution in [2.45, 2.75) is 56.8 Å². The molecule has 0 spiro atoms. The predicted molar refractivity (Wildman–Crippen MR) is 134 cm³/mol. The predicted octanol–water partition coefficient (Wildman–Crippen LogP) is 1.92. The molecule has 36 heavy (non-hydrogen) atoms. The number of nitrogens with one attached hydrogen (secondary N) is 2. The first-order chi connectivity index (χ1) is 17.4. The first-order valence-electron chi connectivity index (χ1n) is 12.1. The van der Waals surface area contributed by atoms with Crippen molar-refractivity contribution < 1.29 is 13.5 Å². The van der Waals surface area contributed by atoms with Crippen molar-refractivity contribution in [1.82, 2.24) is 28.0 Å². The molecule has 3 aromatic heterocycles. The molecule has 14 heteroatoms. The maximum Gasteiger partial charge on any atom is 0.282 e. The molecule has 3 N–H and O–H groups in total. The molecule has 2 bridgehead atoms. The molecule has 0 radical (unpaired) electrons. The maximum absolute atomic E-state index is 13.4. The van der Waals surface area contributed by atoms with Crippen LogP contribution in [0.25, 0.3) is 5.65 Å². The van der Waals surface area contributed by atoms with Gasteiger partial charge in [-0.1, -0.05) is 17.8 Å². The summed E-state index contributed by atoms with van der Waals surface area (Å²) in [5, 5.41) is 25.8. The Morgan fingerprint density at radius 3 is 2.69 bits per heavy atom. The van der Waals surface area contributed by atoms with E-state index < -0.39 is 10.2 Å². The second-order valence-electron chi connectivity index (χ2n) is 9.57. The molecule has 3 saturated heterocycles. The molecule has 3 fully saturated rings. The number of fused-ring (bicyclic) bond motifs is 3. The fourth-order valence-electron chi connectivity index (χ4n) is 5.49. The van der Waals surface area contributed by atoms with E-state index in [0.717, 1.165) is 29.8 Å². The van der Waals surface area contributed by atoms with Gasteiger partial charge in [-0.3, -0.25) is 4.40 Å². The van der Waals surface area contributed by atoms with Gasteiger partial charge < -0.3 is 15.7 Å². The lowest BCUT2D eigenvalue weighted by Crippen LogP contribution is -2.63. The van der Waals surface area contributed by atoms with Crippen LogP contribution in [-0.2, 0) is 16.8 Å². The van der Waals surface area contributed by atoms with Crippen LogP contribution in [0.1, 0.15) is 37.0 Å². The minimum Gasteiger partial charge on any atom is -0.391 e. The number of thiazole rings is 1. The van der Waals surface area contributed by atoms with Crippen molar-refractivity contribution in [2.24, 2.45) is 5.92 Å². The van der Waals surface area contributed by atoms with Crippen molar-refractivity contribution in [3.05, 3.63) is 29.5 Å². The molecule has 6 rings (SSSR count). The van der Waals surface area contributed by atoms with Crippen molar-refractivity contribution in [2.75, 3.05) is 23.7 Å². The summed E-state index contributed by atoms with van der Waals surface area (Å²) >= 11 is 1.36. The standard InChI is InChI=1S/C22H27N9O3S2/c23-9-14-11-29(12-14)36(33,34)31-16-2-1-3-17(31)7-15(6-16)26-21-27-19(8-20-24-4-5-30(20)21)28-22-25-10-18(13-32)35-22/h4-5,8,10,14-17,32H,1-3,6-7,11-13H2,(H,25,28)(H,26,27)/t15-,16-,17+. The molecule has 0 aromatic carbocycles. The number of hydrogen-bond donors (Lipinski definition) is 3. The van der Waals surface area contributed by atoms with E-state index in [9.17, 15) is 13.5 Å². The Balaban J connectivity index is 1.21. The van der Waals surface area contributed by atoms with Crippen LogP contribution in [0.5, 0.6) is 0 Å². The fraction of sp³-hybridized carbons (Fsp3) is 0.545. The number of aromatic nitrogens is 4. The molecule has 3 aliphatic rings. The van der Waals surface area contributed by atoms with Gasteiger partial charge in [0.05, 0.1) is 23.5 Å². The van der Waals surface area contributed by atoms with Crippen LogP contribution in [0, 0.1) is 17.2 Å². The van der Waals surface area contributed by atoms with Crippen LogP contribution in [0.4, 0.5) is 16.9 Å². The first kappa shape index (κ1) is 23.6. The number of imidazole rings is 1. The molecule has 190 valence electrons. The van der Waals surface area contributed by atoms with Crippen molar-refractivity contribution >= 4 is 44.1 Å². The zero-order valence-corrected chi connectivity index (χ0v) is 21.1. The Bertz CT molecular complexity index is 1400. The van der Waals surface area contributed by atoms with Crippen LogP contribution in [0.2, 0.25) is 0 Å². The molecule has 3 atom stereocenters. The number of rotatable bonds is 7. The van der Waals surface area contributed by atoms with E-state index in [0.29, 0.717) is 29.7 Å². The Kier molecular flexibility index (Phi) is 6.05. The van der Waals surface area contributed by atoms with Crippen molar-refractivity contribution in [1.29, 1.82) is 5.26 Å². The summed E-state index contributed by atoms with van der Waals surface area (Å²) in [5.41, 5.74) is 0.721. The van der Waals surface area contributed by atoms with Crippen molar-refractivity contribution in [3.8, 4) is 6.07 Å². The van der Waals surface area contributed by atoms with E-state index in [1.54, 1.807) is 16.7 Å². The van der Waals surface area contributed by atoms with E-state index in [4.69, 9.17) is 10.2 Å². The number of nitrogens with zero attached hydrogens (tertiary/aromatic N) is 7. The average Bonchev–Trinajstić information content (AvgIpc) is 3.47. The van der Waals surface area contributed by atoms with Gasteiger partial charge in [0.25, 0.3) is 10.2 Å². The summed E-state index contributed by atoms with van der Waals surface area (Å²) < 4.78 is 31.8. The molecule has 3 aliphatic heterocycles. The summed E-state index contributed by atoms with van der Waals surface area (Å²) in [6, 6.07) is 3.90. The number of aliphatic hydroxyl groups is 1. The van der Waals surface area contributed by atoms with E-state index in [2.05, 4.69) is 26.7 Å². The van der Waals surface area contributed by atoms with Gasteiger partial charge in [0.1, 0.15) is 11.5 Å². The van der Waals surface area contributed by atoms with Crippen LogP contribution in [-0.4, -0.2) is 72.7 Å². The van der Waals surface area contributed by atoms with Gasteiger partial charge in [-0.2, -0.15) is 27.3 Å². The van der Waals surface area contributed by atoms with Gasteiger partial charge in [-0.05, 0) is 25.7 Å². The van der Waals surface area contributed by atoms with Gasteiger partial charge in [-0.25, -0.2) is 9.97 Å². The van der Waals surface area contributed by atoms with E-state index in [-0.39, 0.29) is 43.7 Å². The second-order valence-corrected chi connectivity index (χ2v) is 12.5. The van der Waals surface area contributed by atoms with Crippen LogP contribution < -0.4 is 10.6 Å². The van der Waals surface area contributed by atoms with E-state index in [1.807, 2.05) is 16.7 Å². The molecule has 0 amide bonds. The zero-order chi connectivity index (χ0) is 24.9. The third kappa shape index (κ3) is 4.20. The second kappa shape index (κ2) is 9.24. The maximum atomic E-state index is 13.4. The van der Waals surface area contributed by atoms with Gasteiger partial charge in [0.15, 0.2) is 5.13 Å². The summed E-state index contributed by atoms with van der Waals surface area (Å²) in [5.74, 6) is 1.01. The minimum absolute atomic E-state index is 0.0594. The highest BCUT2D eigenvalue weighted by molar-refractivity contribution is 7.86. The molecular formula is C22H27N9O3S2. The largest absolute Gasteiger partial charge is 0.391 e. The third-order valence-corrected chi connectivity index (χ3v) is 10.2. The summed E-state index contributed by atoms with van der Waals surface area (Å²) in [6.45, 7) is 0.516. The quantitative estimate of drug-likeness (QED) is 0.417. The molecular weight excluding hydrogens is 502 g/mol. The van der Waals surface area contributed by atoms with Crippen LogP contribution >= 0.6 is 11.3 Å². The summed E-state index contributed by atoms with van der Waals surface area (Å²) in [6.07, 6.45) is 9.23. The topological polar surface area (TPSA) is 152 Å². The molecule has 0 saturated carbocycles. The lowest BCUT2D eigenvalue weighted by Gasteiger charge is -2.50. The molecule has 12 nitrogen and oxygen atoms in total. The minimum atomic E-state index is -3.57. The van der Waals surface area contributed by atoms with Gasteiger partial charge >= 0.3 is 0 Å². The summed E-state index contributed by atoms with van der Waals surface area (Å²) in [4.78, 5) is 14.2. The smallest absolute Gasteiger partial charge is 0.282 e. The fourth-order valence-corrected chi connectivity index (χ4v) is 8.31. The number of nitriles is 1. The average molecular weight is 530 g/mol. The highest BCUT2D eigenvalue weighted by atomic mass is 32.2. The van der Waals surface area contributed by atoms with Crippen LogP contribution in [0.3, 0.4) is 0 Å². The third-order valence-electron chi connectivity index (χ3n) is 7.20. The first-order valence-corrected chi connectivity index (χ1v) is 14.3. The lowest BCUT2D eigenvalue weighted by atomic mass is 9.84. The normalized spacial score (nSPS) is 25.4. The number of hydrogen-bond acceptors (Lipinski definition) is 10. The zero-order valence-electron chi connectivity index (χ0n) is 19.5. The molecule has 0 aliphatic carbocycles. The van der Waals surface area contributed by atoms with E-state index >= 15 is 0 Å². The lowest BCUT2D eigenvalue weighted by molar-refractivity contribution is 0.0983. The molecule has 6 heterocycles. The Labute approximate surface area is 212 Å². The highest BCUT2D eigenvalue weighted by Crippen LogP contribution is 2.39. The Morgan fingerprint density at radius 1 is 1.22 bits per heavy atom. The van der Waals surface area contributed by atoms with Crippen LogP contribution in [0.15, 0.2) is 24.7 Å². The van der Waals surface area contributed by atoms with E-state index in [1.165, 1.54) is 15.6 Å². The molecule has 0 unspecified atom stereocenters. The SMILES string of the molecule is N#CC1CN(S(=O)(=O)N2[C@@H]3CCC[C@H]2C[C@H](Nc2nc(Nc4ncc(CO)s4)cc4nccn24)C3)C1. The van der Waals surface area contributed by atoms with Gasteiger partial charge in [0.2, 0.25) is 5.95 Å². The van der Waals surface area contributed by atoms with Gasteiger partial charge in [0, 0.05) is 55.9 Å². The highest BCUT2D eigenvalue weighted by Gasteiger charge is 2.49. The van der Waals surface area contributed by atoms with Gasteiger partial charge in [-0.15, -0.1) is 0 Å². The van der Waals surface area contributed by atoms with Crippen molar-refractivity contribution in [3.63, 3.8) is 0 Å². The number of piperidine rings is 2. The Morgan fingerprint density at radius 2 is 2.00 bits per heavy atom.